The normalized spacial score (nSPS) is 17.3. The van der Waals surface area contributed by atoms with Crippen LogP contribution in [0, 0.1) is 6.92 Å². The molecule has 1 saturated heterocycles. The molecule has 3 rings (SSSR count). The third kappa shape index (κ3) is 4.51. The summed E-state index contributed by atoms with van der Waals surface area (Å²) in [6, 6.07) is 5.80. The molecular formula is C20H25N7O. The second-order valence-corrected chi connectivity index (χ2v) is 6.81. The number of allylic oxidation sites excluding steroid dienone is 1. The standard InChI is InChI=1S/C20H25N7O/c1-13-4-6-23-18(8-13)25-19-9-17(15-5-7-27(12-15)14(2)28)24-20(26-19)16(10-21)11-22-3/h4,6,8-11,15H,5,7,12,21H2,1-3H3,(H,23,24,25,26). The molecule has 2 aromatic heterocycles. The molecule has 3 heterocycles. The molecule has 8 nitrogen and oxygen atoms in total. The first-order chi connectivity index (χ1) is 13.5. The van der Waals surface area contributed by atoms with Gasteiger partial charge in [0.25, 0.3) is 0 Å². The van der Waals surface area contributed by atoms with Crippen LogP contribution in [0.2, 0.25) is 0 Å². The molecule has 0 aliphatic carbocycles. The molecule has 0 spiro atoms. The molecule has 0 radical (unpaired) electrons. The molecule has 3 N–H and O–H groups in total. The van der Waals surface area contributed by atoms with E-state index in [9.17, 15) is 4.79 Å². The van der Waals surface area contributed by atoms with Crippen molar-refractivity contribution in [2.45, 2.75) is 26.2 Å². The summed E-state index contributed by atoms with van der Waals surface area (Å²) >= 11 is 0. The Labute approximate surface area is 164 Å². The van der Waals surface area contributed by atoms with Gasteiger partial charge in [0.05, 0.1) is 11.3 Å². The lowest BCUT2D eigenvalue weighted by atomic mass is 10.0. The zero-order valence-electron chi connectivity index (χ0n) is 16.4. The number of aliphatic imine (C=N–C) groups is 1. The number of aryl methyl sites for hydroxylation is 1. The minimum absolute atomic E-state index is 0.0831. The van der Waals surface area contributed by atoms with E-state index in [4.69, 9.17) is 10.7 Å². The summed E-state index contributed by atoms with van der Waals surface area (Å²) in [5.74, 6) is 2.05. The minimum atomic E-state index is 0.0831. The van der Waals surface area contributed by atoms with Gasteiger partial charge in [0.2, 0.25) is 5.91 Å². The summed E-state index contributed by atoms with van der Waals surface area (Å²) in [5, 5.41) is 3.25. The van der Waals surface area contributed by atoms with Gasteiger partial charge >= 0.3 is 0 Å². The molecule has 2 aromatic rings. The minimum Gasteiger partial charge on any atom is -0.404 e. The van der Waals surface area contributed by atoms with Crippen LogP contribution in [0.3, 0.4) is 0 Å². The molecule has 1 unspecified atom stereocenters. The zero-order chi connectivity index (χ0) is 20.1. The number of nitrogens with one attached hydrogen (secondary N) is 1. The van der Waals surface area contributed by atoms with E-state index in [0.717, 1.165) is 24.2 Å². The maximum Gasteiger partial charge on any atom is 0.219 e. The highest BCUT2D eigenvalue weighted by Crippen LogP contribution is 2.28. The third-order valence-electron chi connectivity index (χ3n) is 4.68. The number of carbonyl (C=O) groups is 1. The largest absolute Gasteiger partial charge is 0.404 e. The van der Waals surface area contributed by atoms with Crippen LogP contribution >= 0.6 is 0 Å². The van der Waals surface area contributed by atoms with Gasteiger partial charge < -0.3 is 16.0 Å². The predicted molar refractivity (Wildman–Crippen MR) is 110 cm³/mol. The highest BCUT2D eigenvalue weighted by Gasteiger charge is 2.27. The average molecular weight is 379 g/mol. The molecule has 8 heteroatoms. The number of aromatic nitrogens is 3. The topological polar surface area (TPSA) is 109 Å². The van der Waals surface area contributed by atoms with Crippen molar-refractivity contribution < 1.29 is 4.79 Å². The van der Waals surface area contributed by atoms with Crippen LogP contribution in [0.4, 0.5) is 11.6 Å². The summed E-state index contributed by atoms with van der Waals surface area (Å²) in [7, 11) is 1.67. The lowest BCUT2D eigenvalue weighted by Gasteiger charge is -2.15. The maximum absolute atomic E-state index is 11.7. The van der Waals surface area contributed by atoms with Crippen LogP contribution in [-0.2, 0) is 4.79 Å². The Morgan fingerprint density at radius 1 is 1.36 bits per heavy atom. The Morgan fingerprint density at radius 3 is 2.82 bits per heavy atom. The van der Waals surface area contributed by atoms with Gasteiger partial charge in [-0.05, 0) is 31.0 Å². The van der Waals surface area contributed by atoms with Crippen molar-refractivity contribution in [2.24, 2.45) is 10.7 Å². The first kappa shape index (κ1) is 19.5. The fourth-order valence-electron chi connectivity index (χ4n) is 3.21. The van der Waals surface area contributed by atoms with Crippen molar-refractivity contribution >= 4 is 29.3 Å². The van der Waals surface area contributed by atoms with Crippen molar-refractivity contribution in [2.75, 3.05) is 25.5 Å². The summed E-state index contributed by atoms with van der Waals surface area (Å²) in [6.45, 7) is 4.98. The zero-order valence-corrected chi connectivity index (χ0v) is 16.4. The smallest absolute Gasteiger partial charge is 0.219 e. The molecule has 146 valence electrons. The number of nitrogens with two attached hydrogens (primary N) is 1. The Balaban J connectivity index is 1.98. The molecule has 28 heavy (non-hydrogen) atoms. The van der Waals surface area contributed by atoms with Gasteiger partial charge in [0, 0.05) is 57.7 Å². The van der Waals surface area contributed by atoms with Crippen LogP contribution in [0.5, 0.6) is 0 Å². The number of nitrogens with zero attached hydrogens (tertiary/aromatic N) is 5. The molecule has 0 bridgehead atoms. The van der Waals surface area contributed by atoms with E-state index < -0.39 is 0 Å². The second kappa shape index (κ2) is 8.60. The summed E-state index contributed by atoms with van der Waals surface area (Å²) < 4.78 is 0. The fourth-order valence-corrected chi connectivity index (χ4v) is 3.21. The van der Waals surface area contributed by atoms with Gasteiger partial charge in [-0.15, -0.1) is 0 Å². The number of carbonyl (C=O) groups excluding carboxylic acids is 1. The van der Waals surface area contributed by atoms with Crippen molar-refractivity contribution in [1.29, 1.82) is 0 Å². The lowest BCUT2D eigenvalue weighted by molar-refractivity contribution is -0.127. The summed E-state index contributed by atoms with van der Waals surface area (Å²) in [5.41, 5.74) is 8.36. The van der Waals surface area contributed by atoms with Gasteiger partial charge in [0.1, 0.15) is 11.6 Å². The molecule has 1 atom stereocenters. The fraction of sp³-hybridized carbons (Fsp3) is 0.350. The summed E-state index contributed by atoms with van der Waals surface area (Å²) in [6.07, 6.45) is 5.68. The number of likely N-dealkylation sites (tertiary alicyclic amines) is 1. The first-order valence-electron chi connectivity index (χ1n) is 9.18. The Kier molecular flexibility index (Phi) is 5.98. The number of hydrogen-bond donors (Lipinski definition) is 2. The quantitative estimate of drug-likeness (QED) is 0.771. The number of amides is 1. The lowest BCUT2D eigenvalue weighted by Crippen LogP contribution is -2.25. The van der Waals surface area contributed by atoms with Gasteiger partial charge in [-0.2, -0.15) is 0 Å². The number of pyridine rings is 1. The van der Waals surface area contributed by atoms with Crippen LogP contribution in [0.15, 0.2) is 35.6 Å². The molecule has 1 amide bonds. The monoisotopic (exact) mass is 379 g/mol. The summed E-state index contributed by atoms with van der Waals surface area (Å²) in [4.78, 5) is 31.2. The van der Waals surface area contributed by atoms with Crippen LogP contribution < -0.4 is 11.1 Å². The van der Waals surface area contributed by atoms with E-state index >= 15 is 0 Å². The molecule has 0 saturated carbocycles. The van der Waals surface area contributed by atoms with E-state index in [1.54, 1.807) is 26.4 Å². The van der Waals surface area contributed by atoms with E-state index in [2.05, 4.69) is 20.3 Å². The number of hydrogen-bond acceptors (Lipinski definition) is 7. The van der Waals surface area contributed by atoms with Crippen molar-refractivity contribution in [1.82, 2.24) is 19.9 Å². The maximum atomic E-state index is 11.7. The predicted octanol–water partition coefficient (Wildman–Crippen LogP) is 2.26. The van der Waals surface area contributed by atoms with E-state index in [1.807, 2.05) is 30.0 Å². The average Bonchev–Trinajstić information content (AvgIpc) is 3.16. The Bertz CT molecular complexity index is 923. The number of rotatable bonds is 5. The first-order valence-corrected chi connectivity index (χ1v) is 9.18. The van der Waals surface area contributed by atoms with Crippen LogP contribution in [0.25, 0.3) is 5.57 Å². The highest BCUT2D eigenvalue weighted by molar-refractivity contribution is 6.08. The highest BCUT2D eigenvalue weighted by atomic mass is 16.2. The molecule has 1 aliphatic rings. The Morgan fingerprint density at radius 2 is 2.18 bits per heavy atom. The number of anilines is 2. The third-order valence-corrected chi connectivity index (χ3v) is 4.68. The van der Waals surface area contributed by atoms with Crippen LogP contribution in [-0.4, -0.2) is 52.1 Å². The Hall–Kier alpha value is -3.29. The van der Waals surface area contributed by atoms with Gasteiger partial charge in [0.15, 0.2) is 5.82 Å². The van der Waals surface area contributed by atoms with Crippen LogP contribution in [0.1, 0.15) is 36.3 Å². The van der Waals surface area contributed by atoms with Crippen molar-refractivity contribution in [3.05, 3.63) is 47.7 Å². The van der Waals surface area contributed by atoms with E-state index in [1.165, 1.54) is 6.20 Å². The van der Waals surface area contributed by atoms with Crippen molar-refractivity contribution in [3.8, 4) is 0 Å². The molecule has 1 aliphatic heterocycles. The molecule has 1 fully saturated rings. The van der Waals surface area contributed by atoms with E-state index in [0.29, 0.717) is 29.6 Å². The van der Waals surface area contributed by atoms with Crippen molar-refractivity contribution in [3.63, 3.8) is 0 Å². The second-order valence-electron chi connectivity index (χ2n) is 6.81. The SMILES string of the molecule is CN=CC(=CN)c1nc(Nc2cc(C)ccn2)cc(C2CCN(C(C)=O)C2)n1. The molecule has 0 aromatic carbocycles. The van der Waals surface area contributed by atoms with Gasteiger partial charge in [-0.3, -0.25) is 9.79 Å². The molecular weight excluding hydrogens is 354 g/mol. The van der Waals surface area contributed by atoms with Gasteiger partial charge in [-0.1, -0.05) is 0 Å². The van der Waals surface area contributed by atoms with E-state index in [-0.39, 0.29) is 11.8 Å². The van der Waals surface area contributed by atoms with Gasteiger partial charge in [-0.25, -0.2) is 15.0 Å².